The fraction of sp³-hybridized carbons (Fsp3) is 0.304. The third-order valence-corrected chi connectivity index (χ3v) is 6.90. The summed E-state index contributed by atoms with van der Waals surface area (Å²) >= 11 is 0. The molecule has 1 amide bonds. The van der Waals surface area contributed by atoms with Gasteiger partial charge in [0.2, 0.25) is 10.0 Å². The van der Waals surface area contributed by atoms with Crippen LogP contribution in [0.4, 0.5) is 5.69 Å². The summed E-state index contributed by atoms with van der Waals surface area (Å²) in [4.78, 5) is 12.7. The molecule has 9 heteroatoms. The van der Waals surface area contributed by atoms with Crippen molar-refractivity contribution < 1.29 is 23.1 Å². The summed E-state index contributed by atoms with van der Waals surface area (Å²) in [6.45, 7) is 3.09. The maximum absolute atomic E-state index is 12.9. The lowest BCUT2D eigenvalue weighted by atomic mass is 10.1. The van der Waals surface area contributed by atoms with Crippen LogP contribution in [0.15, 0.2) is 52.9 Å². The van der Waals surface area contributed by atoms with Crippen LogP contribution in [0.5, 0.6) is 11.5 Å². The van der Waals surface area contributed by atoms with Gasteiger partial charge in [0.15, 0.2) is 11.5 Å². The van der Waals surface area contributed by atoms with Crippen LogP contribution in [0.25, 0.3) is 6.08 Å². The van der Waals surface area contributed by atoms with E-state index in [2.05, 4.69) is 5.32 Å². The molecule has 1 aliphatic heterocycles. The van der Waals surface area contributed by atoms with Gasteiger partial charge in [0, 0.05) is 18.8 Å². The molecule has 1 aliphatic rings. The molecule has 168 valence electrons. The predicted octanol–water partition coefficient (Wildman–Crippen LogP) is 3.51. The first-order chi connectivity index (χ1) is 15.3. The molecule has 0 bridgehead atoms. The Morgan fingerprint density at radius 2 is 1.97 bits per heavy atom. The van der Waals surface area contributed by atoms with E-state index in [0.29, 0.717) is 25.3 Å². The molecule has 3 rings (SSSR count). The molecule has 0 unspecified atom stereocenters. The molecule has 0 saturated carbocycles. The van der Waals surface area contributed by atoms with Crippen molar-refractivity contribution in [2.45, 2.75) is 31.1 Å². The summed E-state index contributed by atoms with van der Waals surface area (Å²) in [5, 5.41) is 21.8. The van der Waals surface area contributed by atoms with Gasteiger partial charge < -0.3 is 15.2 Å². The first-order valence-corrected chi connectivity index (χ1v) is 11.8. The molecule has 2 aromatic rings. The highest BCUT2D eigenvalue weighted by Gasteiger charge is 2.26. The van der Waals surface area contributed by atoms with Gasteiger partial charge in [-0.05, 0) is 61.7 Å². The largest absolute Gasteiger partial charge is 0.504 e. The van der Waals surface area contributed by atoms with Crippen molar-refractivity contribution in [3.05, 3.63) is 53.6 Å². The predicted molar refractivity (Wildman–Crippen MR) is 121 cm³/mol. The number of nitriles is 1. The molecule has 2 aromatic carbocycles. The van der Waals surface area contributed by atoms with Crippen molar-refractivity contribution in [3.63, 3.8) is 0 Å². The summed E-state index contributed by atoms with van der Waals surface area (Å²) < 4.78 is 32.5. The zero-order chi connectivity index (χ0) is 23.1. The van der Waals surface area contributed by atoms with Crippen molar-refractivity contribution >= 4 is 27.7 Å². The number of hydrogen-bond donors (Lipinski definition) is 2. The maximum atomic E-state index is 12.9. The van der Waals surface area contributed by atoms with E-state index in [0.717, 1.165) is 19.3 Å². The Hall–Kier alpha value is -3.35. The number of piperidine rings is 1. The topological polar surface area (TPSA) is 120 Å². The number of sulfonamides is 1. The minimum atomic E-state index is -3.64. The van der Waals surface area contributed by atoms with Crippen LogP contribution in [0, 0.1) is 11.3 Å². The Morgan fingerprint density at radius 3 is 2.66 bits per heavy atom. The molecule has 0 aromatic heterocycles. The highest BCUT2D eigenvalue weighted by atomic mass is 32.2. The molecule has 32 heavy (non-hydrogen) atoms. The maximum Gasteiger partial charge on any atom is 0.266 e. The second-order valence-corrected chi connectivity index (χ2v) is 9.21. The van der Waals surface area contributed by atoms with E-state index >= 15 is 0 Å². The Kier molecular flexibility index (Phi) is 7.51. The number of anilines is 1. The highest BCUT2D eigenvalue weighted by Crippen LogP contribution is 2.28. The molecular weight excluding hydrogens is 430 g/mol. The molecule has 1 fully saturated rings. The first kappa shape index (κ1) is 23.3. The standard InChI is InChI=1S/C23H25N3O5S/c1-2-31-22-14-17(9-10-21(22)27)13-18(16-24)23(28)25-19-7-6-8-20(15-19)32(29,30)26-11-4-3-5-12-26/h6-10,13-15,27H,2-5,11-12H2,1H3,(H,25,28)/b18-13+. The zero-order valence-corrected chi connectivity index (χ0v) is 18.6. The molecule has 2 N–H and O–H groups in total. The number of amides is 1. The van der Waals surface area contributed by atoms with Gasteiger partial charge in [0.25, 0.3) is 5.91 Å². The van der Waals surface area contributed by atoms with Gasteiger partial charge in [-0.1, -0.05) is 18.6 Å². The third kappa shape index (κ3) is 5.46. The van der Waals surface area contributed by atoms with E-state index < -0.39 is 15.9 Å². The van der Waals surface area contributed by atoms with Crippen LogP contribution < -0.4 is 10.1 Å². The monoisotopic (exact) mass is 455 g/mol. The van der Waals surface area contributed by atoms with Gasteiger partial charge in [0.05, 0.1) is 11.5 Å². The van der Waals surface area contributed by atoms with E-state index in [1.165, 1.54) is 34.6 Å². The van der Waals surface area contributed by atoms with Crippen molar-refractivity contribution in [1.82, 2.24) is 4.31 Å². The fourth-order valence-corrected chi connectivity index (χ4v) is 4.96. The van der Waals surface area contributed by atoms with Gasteiger partial charge in [-0.2, -0.15) is 9.57 Å². The average molecular weight is 456 g/mol. The average Bonchev–Trinajstić information content (AvgIpc) is 2.80. The Morgan fingerprint density at radius 1 is 1.22 bits per heavy atom. The van der Waals surface area contributed by atoms with Gasteiger partial charge in [-0.25, -0.2) is 8.42 Å². The van der Waals surface area contributed by atoms with Crippen molar-refractivity contribution in [1.29, 1.82) is 5.26 Å². The highest BCUT2D eigenvalue weighted by molar-refractivity contribution is 7.89. The Labute approximate surface area is 187 Å². The molecule has 1 heterocycles. The number of phenolic OH excluding ortho intramolecular Hbond substituents is 1. The van der Waals surface area contributed by atoms with Gasteiger partial charge >= 0.3 is 0 Å². The van der Waals surface area contributed by atoms with Gasteiger partial charge in [0.1, 0.15) is 11.6 Å². The lowest BCUT2D eigenvalue weighted by Crippen LogP contribution is -2.35. The van der Waals surface area contributed by atoms with E-state index in [1.807, 2.05) is 6.07 Å². The zero-order valence-electron chi connectivity index (χ0n) is 17.7. The lowest BCUT2D eigenvalue weighted by molar-refractivity contribution is -0.112. The quantitative estimate of drug-likeness (QED) is 0.487. The van der Waals surface area contributed by atoms with Gasteiger partial charge in [-0.15, -0.1) is 0 Å². The van der Waals surface area contributed by atoms with E-state index in [9.17, 15) is 23.6 Å². The van der Waals surface area contributed by atoms with Crippen LogP contribution in [-0.2, 0) is 14.8 Å². The fourth-order valence-electron chi connectivity index (χ4n) is 3.39. The van der Waals surface area contributed by atoms with E-state index in [1.54, 1.807) is 25.1 Å². The van der Waals surface area contributed by atoms with Crippen molar-refractivity contribution in [2.24, 2.45) is 0 Å². The molecule has 0 aliphatic carbocycles. The second kappa shape index (κ2) is 10.3. The number of aromatic hydroxyl groups is 1. The third-order valence-electron chi connectivity index (χ3n) is 5.00. The number of benzene rings is 2. The number of carbonyl (C=O) groups excluding carboxylic acids is 1. The summed E-state index contributed by atoms with van der Waals surface area (Å²) in [6.07, 6.45) is 4.03. The Bertz CT molecular complexity index is 1160. The number of nitrogens with zero attached hydrogens (tertiary/aromatic N) is 2. The lowest BCUT2D eigenvalue weighted by Gasteiger charge is -2.26. The summed E-state index contributed by atoms with van der Waals surface area (Å²) in [7, 11) is -3.64. The molecule has 0 radical (unpaired) electrons. The minimum Gasteiger partial charge on any atom is -0.504 e. The number of carbonyl (C=O) groups is 1. The molecule has 0 spiro atoms. The van der Waals surface area contributed by atoms with Crippen LogP contribution in [0.1, 0.15) is 31.7 Å². The summed E-state index contributed by atoms with van der Waals surface area (Å²) in [6, 6.07) is 12.3. The molecular formula is C23H25N3O5S. The number of nitrogens with one attached hydrogen (secondary N) is 1. The molecule has 0 atom stereocenters. The number of ether oxygens (including phenoxy) is 1. The minimum absolute atomic E-state index is 0.0429. The first-order valence-electron chi connectivity index (χ1n) is 10.3. The van der Waals surface area contributed by atoms with Gasteiger partial charge in [-0.3, -0.25) is 4.79 Å². The van der Waals surface area contributed by atoms with Crippen LogP contribution >= 0.6 is 0 Å². The second-order valence-electron chi connectivity index (χ2n) is 7.28. The number of phenols is 1. The normalized spacial score (nSPS) is 15.1. The van der Waals surface area contributed by atoms with E-state index in [4.69, 9.17) is 4.74 Å². The summed E-state index contributed by atoms with van der Waals surface area (Å²) in [5.74, 6) is -0.473. The number of hydrogen-bond acceptors (Lipinski definition) is 6. The van der Waals surface area contributed by atoms with Crippen LogP contribution in [0.3, 0.4) is 0 Å². The van der Waals surface area contributed by atoms with E-state index in [-0.39, 0.29) is 27.7 Å². The van der Waals surface area contributed by atoms with Crippen LogP contribution in [-0.4, -0.2) is 43.4 Å². The van der Waals surface area contributed by atoms with Crippen LogP contribution in [0.2, 0.25) is 0 Å². The Balaban J connectivity index is 1.80. The summed E-state index contributed by atoms with van der Waals surface area (Å²) in [5.41, 5.74) is 0.594. The SMILES string of the molecule is CCOc1cc(/C=C(\C#N)C(=O)Nc2cccc(S(=O)(=O)N3CCCCC3)c2)ccc1O. The molecule has 8 nitrogen and oxygen atoms in total. The number of rotatable bonds is 7. The smallest absolute Gasteiger partial charge is 0.266 e. The molecule has 1 saturated heterocycles. The van der Waals surface area contributed by atoms with Crippen molar-refractivity contribution in [2.75, 3.05) is 25.0 Å². The van der Waals surface area contributed by atoms with Crippen molar-refractivity contribution in [3.8, 4) is 17.6 Å².